The zero-order chi connectivity index (χ0) is 19.1. The van der Waals surface area contributed by atoms with Gasteiger partial charge in [0.15, 0.2) is 0 Å². The van der Waals surface area contributed by atoms with Crippen LogP contribution in [0.5, 0.6) is 5.75 Å². The monoisotopic (exact) mass is 377 g/mol. The van der Waals surface area contributed by atoms with Gasteiger partial charge in [0.05, 0.1) is 17.8 Å². The van der Waals surface area contributed by atoms with Crippen LogP contribution in [0.25, 0.3) is 0 Å². The van der Waals surface area contributed by atoms with Gasteiger partial charge in [0.2, 0.25) is 0 Å². The fourth-order valence-corrected chi connectivity index (χ4v) is 3.67. The normalized spacial score (nSPS) is 29.0. The molecule has 1 amide bonds. The first-order chi connectivity index (χ1) is 12.2. The lowest BCUT2D eigenvalue weighted by Gasteiger charge is -2.31. The van der Waals surface area contributed by atoms with E-state index in [9.17, 15) is 32.6 Å². The van der Waals surface area contributed by atoms with Crippen LogP contribution >= 0.6 is 0 Å². The number of rotatable bonds is 4. The Bertz CT molecular complexity index is 654. The third kappa shape index (κ3) is 3.64. The summed E-state index contributed by atoms with van der Waals surface area (Å²) < 4.78 is 55.3. The molecular formula is C17H19F4NO4. The Balaban J connectivity index is 1.77. The molecule has 0 aromatic heterocycles. The van der Waals surface area contributed by atoms with Gasteiger partial charge in [-0.05, 0) is 36.8 Å². The number of halogens is 4. The molecule has 1 aromatic rings. The van der Waals surface area contributed by atoms with E-state index >= 15 is 0 Å². The highest BCUT2D eigenvalue weighted by Gasteiger charge is 2.46. The average Bonchev–Trinajstić information content (AvgIpc) is 2.97. The first-order valence-corrected chi connectivity index (χ1v) is 8.28. The molecular weight excluding hydrogens is 358 g/mol. The quantitative estimate of drug-likeness (QED) is 0.789. The summed E-state index contributed by atoms with van der Waals surface area (Å²) in [6, 6.07) is 5.02. The molecule has 5 nitrogen and oxygen atoms in total. The van der Waals surface area contributed by atoms with Crippen LogP contribution in [0.3, 0.4) is 0 Å². The number of para-hydroxylation sites is 1. The lowest BCUT2D eigenvalue weighted by Crippen LogP contribution is -2.38. The highest BCUT2D eigenvalue weighted by atomic mass is 19.3. The van der Waals surface area contributed by atoms with Crippen molar-refractivity contribution in [2.24, 2.45) is 11.8 Å². The summed E-state index contributed by atoms with van der Waals surface area (Å²) in [7, 11) is 0. The fourth-order valence-electron chi connectivity index (χ4n) is 3.67. The second-order valence-electron chi connectivity index (χ2n) is 6.80. The molecule has 0 spiro atoms. The molecule has 26 heavy (non-hydrogen) atoms. The van der Waals surface area contributed by atoms with Crippen molar-refractivity contribution in [2.75, 3.05) is 13.1 Å². The van der Waals surface area contributed by atoms with Crippen LogP contribution in [-0.2, 0) is 0 Å². The van der Waals surface area contributed by atoms with E-state index < -0.39 is 36.4 Å². The molecule has 2 N–H and O–H groups in total. The maximum Gasteiger partial charge on any atom is 0.461 e. The largest absolute Gasteiger partial charge is 0.461 e. The van der Waals surface area contributed by atoms with Gasteiger partial charge >= 0.3 is 12.5 Å². The van der Waals surface area contributed by atoms with E-state index in [1.54, 1.807) is 0 Å². The summed E-state index contributed by atoms with van der Waals surface area (Å²) in [5, 5.41) is 19.5. The minimum Gasteiger partial charge on any atom is -0.427 e. The maximum atomic E-state index is 13.2. The molecule has 9 heteroatoms. The predicted octanol–water partition coefficient (Wildman–Crippen LogP) is 2.13. The molecule has 1 aliphatic heterocycles. The number of aliphatic hydroxyl groups excluding tert-OH is 2. The average molecular weight is 377 g/mol. The second-order valence-corrected chi connectivity index (χ2v) is 6.80. The molecule has 1 aliphatic carbocycles. The van der Waals surface area contributed by atoms with Crippen LogP contribution in [0.15, 0.2) is 24.3 Å². The Morgan fingerprint density at radius 3 is 2.19 bits per heavy atom. The number of benzene rings is 1. The van der Waals surface area contributed by atoms with Gasteiger partial charge in [-0.15, -0.1) is 0 Å². The Morgan fingerprint density at radius 1 is 1.12 bits per heavy atom. The standard InChI is InChI=1S/C17H19F4NO4/c18-16(19)17(20,21)26-14-4-2-1-3-11(14)15(25)22-7-9-5-12(23)13(24)6-10(9)8-22/h1-4,9-10,12-13,16,23-24H,5-8H2/t9-,10+,12-,13-/m0/s1. The number of ether oxygens (including phenoxy) is 1. The third-order valence-electron chi connectivity index (χ3n) is 5.01. The number of fused-ring (bicyclic) bond motifs is 1. The molecule has 0 bridgehead atoms. The molecule has 0 unspecified atom stereocenters. The number of carbonyl (C=O) groups excluding carboxylic acids is 1. The highest BCUT2D eigenvalue weighted by molar-refractivity contribution is 5.97. The van der Waals surface area contributed by atoms with Crippen molar-refractivity contribution in [3.8, 4) is 5.75 Å². The Labute approximate surface area is 147 Å². The van der Waals surface area contributed by atoms with Crippen LogP contribution in [-0.4, -0.2) is 58.9 Å². The van der Waals surface area contributed by atoms with Crippen LogP contribution in [0.1, 0.15) is 23.2 Å². The number of alkyl halides is 4. The van der Waals surface area contributed by atoms with Gasteiger partial charge in [0.1, 0.15) is 5.75 Å². The second kappa shape index (κ2) is 7.03. The zero-order valence-corrected chi connectivity index (χ0v) is 13.7. The number of likely N-dealkylation sites (tertiary alicyclic amines) is 1. The van der Waals surface area contributed by atoms with E-state index in [1.807, 2.05) is 0 Å². The van der Waals surface area contributed by atoms with E-state index in [0.717, 1.165) is 6.07 Å². The first kappa shape index (κ1) is 18.9. The van der Waals surface area contributed by atoms with Gasteiger partial charge in [-0.25, -0.2) is 0 Å². The Hall–Kier alpha value is -1.87. The molecule has 1 saturated heterocycles. The maximum absolute atomic E-state index is 13.2. The molecule has 4 atom stereocenters. The lowest BCUT2D eigenvalue weighted by molar-refractivity contribution is -0.253. The van der Waals surface area contributed by atoms with Crippen LogP contribution in [0.2, 0.25) is 0 Å². The topological polar surface area (TPSA) is 70.0 Å². The summed E-state index contributed by atoms with van der Waals surface area (Å²) in [4.78, 5) is 14.1. The number of hydrogen-bond donors (Lipinski definition) is 2. The molecule has 1 saturated carbocycles. The molecule has 144 valence electrons. The molecule has 3 rings (SSSR count). The summed E-state index contributed by atoms with van der Waals surface area (Å²) in [5.41, 5.74) is -0.229. The van der Waals surface area contributed by atoms with E-state index in [2.05, 4.69) is 4.74 Å². The van der Waals surface area contributed by atoms with Gasteiger partial charge in [-0.3, -0.25) is 4.79 Å². The number of amides is 1. The Morgan fingerprint density at radius 2 is 1.65 bits per heavy atom. The van der Waals surface area contributed by atoms with Crippen molar-refractivity contribution >= 4 is 5.91 Å². The van der Waals surface area contributed by atoms with Gasteiger partial charge in [-0.1, -0.05) is 12.1 Å². The van der Waals surface area contributed by atoms with E-state index in [4.69, 9.17) is 0 Å². The molecule has 2 fully saturated rings. The molecule has 2 aliphatic rings. The fraction of sp³-hybridized carbons (Fsp3) is 0.588. The third-order valence-corrected chi connectivity index (χ3v) is 5.01. The number of nitrogens with zero attached hydrogens (tertiary/aromatic N) is 1. The van der Waals surface area contributed by atoms with Crippen molar-refractivity contribution in [3.63, 3.8) is 0 Å². The molecule has 1 aromatic carbocycles. The van der Waals surface area contributed by atoms with Crippen LogP contribution in [0.4, 0.5) is 17.6 Å². The summed E-state index contributed by atoms with van der Waals surface area (Å²) >= 11 is 0. The number of aliphatic hydroxyl groups is 2. The smallest absolute Gasteiger partial charge is 0.427 e. The van der Waals surface area contributed by atoms with E-state index in [-0.39, 0.29) is 17.4 Å². The SMILES string of the molecule is O=C(c1ccccc1OC(F)(F)C(F)F)N1C[C@H]2C[C@H](O)[C@@H](O)C[C@H]2C1. The highest BCUT2D eigenvalue weighted by Crippen LogP contribution is 2.38. The van der Waals surface area contributed by atoms with Crippen molar-refractivity contribution in [3.05, 3.63) is 29.8 Å². The van der Waals surface area contributed by atoms with Crippen LogP contribution < -0.4 is 4.74 Å². The summed E-state index contributed by atoms with van der Waals surface area (Å²) in [5.74, 6) is -1.23. The van der Waals surface area contributed by atoms with Gasteiger partial charge < -0.3 is 19.8 Å². The van der Waals surface area contributed by atoms with Crippen LogP contribution in [0, 0.1) is 11.8 Å². The summed E-state index contributed by atoms with van der Waals surface area (Å²) in [6.45, 7) is 0.597. The van der Waals surface area contributed by atoms with Crippen molar-refractivity contribution < 1.29 is 37.3 Å². The molecule has 0 radical (unpaired) electrons. The van der Waals surface area contributed by atoms with Gasteiger partial charge in [0.25, 0.3) is 5.91 Å². The van der Waals surface area contributed by atoms with Gasteiger partial charge in [-0.2, -0.15) is 17.6 Å². The minimum absolute atomic E-state index is 0.00654. The van der Waals surface area contributed by atoms with E-state index in [1.165, 1.54) is 23.1 Å². The van der Waals surface area contributed by atoms with Gasteiger partial charge in [0, 0.05) is 13.1 Å². The number of hydrogen-bond acceptors (Lipinski definition) is 4. The van der Waals surface area contributed by atoms with Crippen molar-refractivity contribution in [1.29, 1.82) is 0 Å². The zero-order valence-electron chi connectivity index (χ0n) is 13.7. The molecule has 1 heterocycles. The Kier molecular flexibility index (Phi) is 5.12. The lowest BCUT2D eigenvalue weighted by atomic mass is 9.79. The predicted molar refractivity (Wildman–Crippen MR) is 82.2 cm³/mol. The first-order valence-electron chi connectivity index (χ1n) is 8.28. The van der Waals surface area contributed by atoms with Crippen molar-refractivity contribution in [2.45, 2.75) is 37.6 Å². The van der Waals surface area contributed by atoms with Crippen molar-refractivity contribution in [1.82, 2.24) is 4.90 Å². The van der Waals surface area contributed by atoms with E-state index in [0.29, 0.717) is 25.9 Å². The number of carbonyl (C=O) groups is 1. The summed E-state index contributed by atoms with van der Waals surface area (Å²) in [6.07, 6.45) is -9.75. The minimum atomic E-state index is -4.70.